The minimum atomic E-state index is -3.24. The van der Waals surface area contributed by atoms with E-state index in [0.29, 0.717) is 25.3 Å². The lowest BCUT2D eigenvalue weighted by atomic mass is 10.3. The Morgan fingerprint density at radius 3 is 2.59 bits per heavy atom. The maximum atomic E-state index is 11.6. The molecule has 8 heteroatoms. The molecule has 0 fully saturated rings. The molecule has 22 heavy (non-hydrogen) atoms. The molecule has 0 aliphatic carbocycles. The van der Waals surface area contributed by atoms with E-state index in [1.807, 2.05) is 0 Å². The maximum Gasteiger partial charge on any atom is 0.238 e. The van der Waals surface area contributed by atoms with Gasteiger partial charge in [-0.1, -0.05) is 6.07 Å². The van der Waals surface area contributed by atoms with Crippen molar-refractivity contribution in [1.29, 1.82) is 0 Å². The fraction of sp³-hybridized carbons (Fsp3) is 0.500. The molecule has 0 radical (unpaired) electrons. The first-order valence-corrected chi connectivity index (χ1v) is 8.54. The van der Waals surface area contributed by atoms with Crippen molar-refractivity contribution < 1.29 is 17.9 Å². The normalized spacial score (nSPS) is 12.2. The maximum absolute atomic E-state index is 11.6. The van der Waals surface area contributed by atoms with Crippen LogP contribution in [0.3, 0.4) is 0 Å². The molecular weight excluding hydrogens is 328 g/mol. The van der Waals surface area contributed by atoms with Gasteiger partial charge in [0.1, 0.15) is 5.75 Å². The summed E-state index contributed by atoms with van der Waals surface area (Å²) >= 11 is 0. The van der Waals surface area contributed by atoms with Crippen molar-refractivity contribution in [3.8, 4) is 5.75 Å². The van der Waals surface area contributed by atoms with Gasteiger partial charge in [0.15, 0.2) is 9.84 Å². The third-order valence-electron chi connectivity index (χ3n) is 2.91. The highest BCUT2D eigenvalue weighted by molar-refractivity contribution is 7.90. The van der Waals surface area contributed by atoms with Gasteiger partial charge in [-0.25, -0.2) is 8.42 Å². The highest BCUT2D eigenvalue weighted by Crippen LogP contribution is 2.17. The number of carbonyl (C=O) groups excluding carboxylic acids is 1. The van der Waals surface area contributed by atoms with Crippen LogP contribution in [0, 0.1) is 0 Å². The summed E-state index contributed by atoms with van der Waals surface area (Å²) in [5.74, 6) is 0.383. The summed E-state index contributed by atoms with van der Waals surface area (Å²) in [4.78, 5) is 13.3. The molecule has 1 aromatic rings. The minimum Gasteiger partial charge on any atom is -0.493 e. The molecule has 2 N–H and O–H groups in total. The molecule has 0 saturated heterocycles. The summed E-state index contributed by atoms with van der Waals surface area (Å²) in [6, 6.07) is 5.84. The average molecular weight is 351 g/mol. The zero-order valence-electron chi connectivity index (χ0n) is 13.0. The first kappa shape index (κ1) is 20.7. The lowest BCUT2D eigenvalue weighted by Gasteiger charge is -2.19. The number of ether oxygens (including phenoxy) is 1. The number of halogens is 1. The molecule has 1 rings (SSSR count). The number of nitrogens with zero attached hydrogens (tertiary/aromatic N) is 1. The van der Waals surface area contributed by atoms with E-state index < -0.39 is 15.9 Å². The van der Waals surface area contributed by atoms with Crippen LogP contribution < -0.4 is 10.5 Å². The standard InChI is InChI=1S/C14H22N2O4S.ClH/c1-11(15)14(17)16(2)8-5-9-20-12-6-4-7-13(10-12)21(3,18)19;/h4,6-7,10-11H,5,8-9,15H2,1-3H3;1H/t11-;/m0./s1. The number of benzene rings is 1. The van der Waals surface area contributed by atoms with E-state index in [4.69, 9.17) is 10.5 Å². The smallest absolute Gasteiger partial charge is 0.238 e. The molecular formula is C14H23ClN2O4S. The van der Waals surface area contributed by atoms with Crippen molar-refractivity contribution in [2.75, 3.05) is 26.5 Å². The summed E-state index contributed by atoms with van der Waals surface area (Å²) < 4.78 is 28.4. The van der Waals surface area contributed by atoms with E-state index in [2.05, 4.69) is 0 Å². The fourth-order valence-electron chi connectivity index (χ4n) is 1.74. The summed E-state index contributed by atoms with van der Waals surface area (Å²) in [5.41, 5.74) is 5.51. The Labute approximate surface area is 138 Å². The number of rotatable bonds is 7. The number of likely N-dealkylation sites (N-methyl/N-ethyl adjacent to an activating group) is 1. The Kier molecular flexibility index (Phi) is 8.44. The van der Waals surface area contributed by atoms with Crippen LogP contribution in [-0.2, 0) is 14.6 Å². The van der Waals surface area contributed by atoms with E-state index in [1.54, 1.807) is 31.0 Å². The van der Waals surface area contributed by atoms with Crippen LogP contribution in [0.15, 0.2) is 29.2 Å². The third-order valence-corrected chi connectivity index (χ3v) is 4.02. The zero-order chi connectivity index (χ0) is 16.0. The van der Waals surface area contributed by atoms with Gasteiger partial charge >= 0.3 is 0 Å². The molecule has 0 aliphatic heterocycles. The van der Waals surface area contributed by atoms with Crippen LogP contribution in [0.4, 0.5) is 0 Å². The SMILES string of the molecule is C[C@H](N)C(=O)N(C)CCCOc1cccc(S(C)(=O)=O)c1.Cl. The summed E-state index contributed by atoms with van der Waals surface area (Å²) in [5, 5.41) is 0. The van der Waals surface area contributed by atoms with Crippen molar-refractivity contribution >= 4 is 28.2 Å². The van der Waals surface area contributed by atoms with Gasteiger partial charge in [0.2, 0.25) is 5.91 Å². The van der Waals surface area contributed by atoms with E-state index in [0.717, 1.165) is 6.26 Å². The number of hydrogen-bond donors (Lipinski definition) is 1. The van der Waals surface area contributed by atoms with Crippen LogP contribution in [0.25, 0.3) is 0 Å². The molecule has 1 aromatic carbocycles. The Morgan fingerprint density at radius 1 is 1.41 bits per heavy atom. The van der Waals surface area contributed by atoms with Gasteiger partial charge in [0, 0.05) is 19.8 Å². The molecule has 1 amide bonds. The summed E-state index contributed by atoms with van der Waals surface area (Å²) in [6.07, 6.45) is 1.79. The van der Waals surface area contributed by atoms with E-state index in [9.17, 15) is 13.2 Å². The van der Waals surface area contributed by atoms with Crippen LogP contribution in [0.2, 0.25) is 0 Å². The molecule has 0 spiro atoms. The summed E-state index contributed by atoms with van der Waals surface area (Å²) in [7, 11) is -1.55. The zero-order valence-corrected chi connectivity index (χ0v) is 14.6. The summed E-state index contributed by atoms with van der Waals surface area (Å²) in [6.45, 7) is 2.57. The molecule has 0 saturated carbocycles. The molecule has 6 nitrogen and oxygen atoms in total. The van der Waals surface area contributed by atoms with E-state index >= 15 is 0 Å². The second kappa shape index (κ2) is 8.97. The van der Waals surface area contributed by atoms with Crippen LogP contribution in [-0.4, -0.2) is 51.7 Å². The molecule has 1 atom stereocenters. The molecule has 0 bridgehead atoms. The minimum absolute atomic E-state index is 0. The number of carbonyl (C=O) groups is 1. The topological polar surface area (TPSA) is 89.7 Å². The lowest BCUT2D eigenvalue weighted by Crippen LogP contribution is -2.40. The molecule has 0 unspecified atom stereocenters. The van der Waals surface area contributed by atoms with Gasteiger partial charge in [0.25, 0.3) is 0 Å². The number of amides is 1. The largest absolute Gasteiger partial charge is 0.493 e. The van der Waals surface area contributed by atoms with Gasteiger partial charge in [-0.2, -0.15) is 0 Å². The van der Waals surface area contributed by atoms with Crippen LogP contribution >= 0.6 is 12.4 Å². The van der Waals surface area contributed by atoms with Crippen molar-refractivity contribution in [2.45, 2.75) is 24.3 Å². The van der Waals surface area contributed by atoms with Gasteiger partial charge in [0.05, 0.1) is 17.5 Å². The van der Waals surface area contributed by atoms with Crippen molar-refractivity contribution in [2.24, 2.45) is 5.73 Å². The van der Waals surface area contributed by atoms with Crippen molar-refractivity contribution in [3.05, 3.63) is 24.3 Å². The van der Waals surface area contributed by atoms with Gasteiger partial charge in [-0.3, -0.25) is 4.79 Å². The highest BCUT2D eigenvalue weighted by atomic mass is 35.5. The Balaban J connectivity index is 0.00000441. The Morgan fingerprint density at radius 2 is 2.05 bits per heavy atom. The molecule has 126 valence electrons. The third kappa shape index (κ3) is 6.64. The Bertz CT molecular complexity index is 590. The fourth-order valence-corrected chi connectivity index (χ4v) is 2.40. The van der Waals surface area contributed by atoms with Crippen molar-refractivity contribution in [3.63, 3.8) is 0 Å². The van der Waals surface area contributed by atoms with Crippen molar-refractivity contribution in [1.82, 2.24) is 4.90 Å². The predicted molar refractivity (Wildman–Crippen MR) is 88.2 cm³/mol. The molecule has 0 aliphatic rings. The van der Waals surface area contributed by atoms with E-state index in [1.165, 1.54) is 12.1 Å². The first-order chi connectivity index (χ1) is 9.71. The quantitative estimate of drug-likeness (QED) is 0.743. The van der Waals surface area contributed by atoms with Crippen LogP contribution in [0.1, 0.15) is 13.3 Å². The second-order valence-corrected chi connectivity index (χ2v) is 7.01. The average Bonchev–Trinajstić information content (AvgIpc) is 2.41. The molecule has 0 aromatic heterocycles. The number of sulfone groups is 1. The number of hydrogen-bond acceptors (Lipinski definition) is 5. The predicted octanol–water partition coefficient (Wildman–Crippen LogP) is 1.09. The van der Waals surface area contributed by atoms with Crippen LogP contribution in [0.5, 0.6) is 5.75 Å². The molecule has 0 heterocycles. The van der Waals surface area contributed by atoms with Gasteiger partial charge < -0.3 is 15.4 Å². The Hall–Kier alpha value is -1.31. The first-order valence-electron chi connectivity index (χ1n) is 6.65. The monoisotopic (exact) mass is 350 g/mol. The number of nitrogens with two attached hydrogens (primary N) is 1. The lowest BCUT2D eigenvalue weighted by molar-refractivity contribution is -0.130. The highest BCUT2D eigenvalue weighted by Gasteiger charge is 2.12. The van der Waals surface area contributed by atoms with Gasteiger partial charge in [-0.15, -0.1) is 12.4 Å². The second-order valence-electron chi connectivity index (χ2n) is 5.00. The van der Waals surface area contributed by atoms with Gasteiger partial charge in [-0.05, 0) is 31.5 Å². The van der Waals surface area contributed by atoms with E-state index in [-0.39, 0.29) is 23.2 Å².